The van der Waals surface area contributed by atoms with Crippen LogP contribution in [0.3, 0.4) is 0 Å². The summed E-state index contributed by atoms with van der Waals surface area (Å²) >= 11 is 0. The second-order valence-corrected chi connectivity index (χ2v) is 5.01. The molecule has 1 saturated carbocycles. The molecule has 0 aromatic heterocycles. The maximum absolute atomic E-state index is 13.0. The highest BCUT2D eigenvalue weighted by Crippen LogP contribution is 2.18. The molecule has 19 heavy (non-hydrogen) atoms. The van der Waals surface area contributed by atoms with E-state index in [-0.39, 0.29) is 17.6 Å². The summed E-state index contributed by atoms with van der Waals surface area (Å²) in [6.07, 6.45) is 4.30. The number of anilines is 1. The Balaban J connectivity index is 1.91. The molecule has 0 bridgehead atoms. The fraction of sp³-hybridized carbons (Fsp3) is 0.500. The molecule has 1 aliphatic rings. The van der Waals surface area contributed by atoms with Crippen molar-refractivity contribution in [2.75, 3.05) is 5.32 Å². The SMILES string of the molecule is CC(Nc1cc(F)cc(F)c1)C(=O)NC1CCCC1. The van der Waals surface area contributed by atoms with Crippen molar-refractivity contribution in [1.82, 2.24) is 5.32 Å². The van der Waals surface area contributed by atoms with Crippen LogP contribution in [-0.2, 0) is 4.79 Å². The lowest BCUT2D eigenvalue weighted by Gasteiger charge is -2.18. The Morgan fingerprint density at radius 1 is 1.21 bits per heavy atom. The molecule has 0 aliphatic heterocycles. The zero-order valence-corrected chi connectivity index (χ0v) is 10.9. The minimum absolute atomic E-state index is 0.142. The third-order valence-electron chi connectivity index (χ3n) is 3.34. The van der Waals surface area contributed by atoms with E-state index in [1.54, 1.807) is 6.92 Å². The topological polar surface area (TPSA) is 41.1 Å². The average molecular weight is 268 g/mol. The first-order valence-corrected chi connectivity index (χ1v) is 6.57. The summed E-state index contributed by atoms with van der Waals surface area (Å²) in [5.41, 5.74) is 0.270. The molecular weight excluding hydrogens is 250 g/mol. The molecule has 2 N–H and O–H groups in total. The van der Waals surface area contributed by atoms with Crippen LogP contribution in [0.4, 0.5) is 14.5 Å². The molecule has 1 atom stereocenters. The normalized spacial score (nSPS) is 17.2. The molecule has 0 saturated heterocycles. The van der Waals surface area contributed by atoms with E-state index >= 15 is 0 Å². The Morgan fingerprint density at radius 3 is 2.37 bits per heavy atom. The van der Waals surface area contributed by atoms with Gasteiger partial charge in [-0.05, 0) is 31.9 Å². The van der Waals surface area contributed by atoms with Crippen molar-refractivity contribution in [2.45, 2.75) is 44.7 Å². The fourth-order valence-corrected chi connectivity index (χ4v) is 2.35. The number of halogens is 2. The van der Waals surface area contributed by atoms with E-state index in [4.69, 9.17) is 0 Å². The summed E-state index contributed by atoms with van der Waals surface area (Å²) in [5, 5.41) is 5.74. The lowest BCUT2D eigenvalue weighted by Crippen LogP contribution is -2.42. The van der Waals surface area contributed by atoms with Crippen LogP contribution in [0, 0.1) is 11.6 Å². The van der Waals surface area contributed by atoms with E-state index in [1.165, 1.54) is 12.1 Å². The summed E-state index contributed by atoms with van der Waals surface area (Å²) < 4.78 is 26.1. The van der Waals surface area contributed by atoms with Crippen molar-refractivity contribution < 1.29 is 13.6 Å². The first-order chi connectivity index (χ1) is 9.04. The third kappa shape index (κ3) is 3.91. The molecule has 104 valence electrons. The van der Waals surface area contributed by atoms with Gasteiger partial charge < -0.3 is 10.6 Å². The average Bonchev–Trinajstić information content (AvgIpc) is 2.80. The van der Waals surface area contributed by atoms with E-state index in [0.717, 1.165) is 31.7 Å². The molecule has 5 heteroatoms. The highest BCUT2D eigenvalue weighted by atomic mass is 19.1. The summed E-state index contributed by atoms with van der Waals surface area (Å²) in [6, 6.07) is 2.85. The maximum atomic E-state index is 13.0. The molecule has 2 rings (SSSR count). The van der Waals surface area contributed by atoms with Crippen molar-refractivity contribution in [3.8, 4) is 0 Å². The molecule has 1 aliphatic carbocycles. The van der Waals surface area contributed by atoms with Gasteiger partial charge in [0.2, 0.25) is 5.91 Å². The van der Waals surface area contributed by atoms with Crippen molar-refractivity contribution in [3.05, 3.63) is 29.8 Å². The van der Waals surface area contributed by atoms with Crippen molar-refractivity contribution in [1.29, 1.82) is 0 Å². The molecule has 1 aromatic carbocycles. The molecule has 0 radical (unpaired) electrons. The van der Waals surface area contributed by atoms with Gasteiger partial charge in [0, 0.05) is 17.8 Å². The second-order valence-electron chi connectivity index (χ2n) is 5.01. The molecule has 0 spiro atoms. The Bertz CT molecular complexity index is 439. The van der Waals surface area contributed by atoms with Gasteiger partial charge in [-0.25, -0.2) is 8.78 Å². The lowest BCUT2D eigenvalue weighted by atomic mass is 10.2. The molecule has 1 fully saturated rings. The molecular formula is C14H18F2N2O. The van der Waals surface area contributed by atoms with Gasteiger partial charge in [-0.15, -0.1) is 0 Å². The summed E-state index contributed by atoms with van der Waals surface area (Å²) in [4.78, 5) is 11.9. The van der Waals surface area contributed by atoms with Gasteiger partial charge in [-0.1, -0.05) is 12.8 Å². The fourth-order valence-electron chi connectivity index (χ4n) is 2.35. The summed E-state index contributed by atoms with van der Waals surface area (Å²) in [5.74, 6) is -1.46. The van der Waals surface area contributed by atoms with Crippen molar-refractivity contribution in [3.63, 3.8) is 0 Å². The van der Waals surface area contributed by atoms with E-state index in [2.05, 4.69) is 10.6 Å². The summed E-state index contributed by atoms with van der Waals surface area (Å²) in [7, 11) is 0. The number of hydrogen-bond donors (Lipinski definition) is 2. The van der Waals surface area contributed by atoms with E-state index < -0.39 is 17.7 Å². The van der Waals surface area contributed by atoms with Crippen LogP contribution in [0.1, 0.15) is 32.6 Å². The highest BCUT2D eigenvalue weighted by Gasteiger charge is 2.20. The predicted molar refractivity (Wildman–Crippen MR) is 69.8 cm³/mol. The standard InChI is InChI=1S/C14H18F2N2O/c1-9(14(19)18-12-4-2-3-5-12)17-13-7-10(15)6-11(16)8-13/h6-9,12,17H,2-5H2,1H3,(H,18,19). The zero-order chi connectivity index (χ0) is 13.8. The number of carbonyl (C=O) groups excluding carboxylic acids is 1. The largest absolute Gasteiger partial charge is 0.374 e. The van der Waals surface area contributed by atoms with E-state index in [1.807, 2.05) is 0 Å². The van der Waals surface area contributed by atoms with Crippen LogP contribution < -0.4 is 10.6 Å². The smallest absolute Gasteiger partial charge is 0.242 e. The van der Waals surface area contributed by atoms with Crippen LogP contribution in [0.25, 0.3) is 0 Å². The number of nitrogens with one attached hydrogen (secondary N) is 2. The Hall–Kier alpha value is -1.65. The minimum Gasteiger partial charge on any atom is -0.374 e. The number of benzene rings is 1. The molecule has 1 unspecified atom stereocenters. The predicted octanol–water partition coefficient (Wildman–Crippen LogP) is 2.82. The number of amides is 1. The second kappa shape index (κ2) is 5.99. The highest BCUT2D eigenvalue weighted by molar-refractivity contribution is 5.84. The molecule has 1 amide bonds. The van der Waals surface area contributed by atoms with Crippen molar-refractivity contribution >= 4 is 11.6 Å². The van der Waals surface area contributed by atoms with Gasteiger partial charge in [0.1, 0.15) is 17.7 Å². The van der Waals surface area contributed by atoms with Crippen LogP contribution >= 0.6 is 0 Å². The lowest BCUT2D eigenvalue weighted by molar-refractivity contribution is -0.122. The van der Waals surface area contributed by atoms with Crippen LogP contribution in [-0.4, -0.2) is 18.0 Å². The Kier molecular flexibility index (Phi) is 4.35. The van der Waals surface area contributed by atoms with Crippen molar-refractivity contribution in [2.24, 2.45) is 0 Å². The maximum Gasteiger partial charge on any atom is 0.242 e. The van der Waals surface area contributed by atoms with Gasteiger partial charge >= 0.3 is 0 Å². The number of rotatable bonds is 4. The van der Waals surface area contributed by atoms with Gasteiger partial charge in [-0.2, -0.15) is 0 Å². The minimum atomic E-state index is -0.661. The monoisotopic (exact) mass is 268 g/mol. The third-order valence-corrected chi connectivity index (χ3v) is 3.34. The first kappa shape index (κ1) is 13.8. The van der Waals surface area contributed by atoms with Crippen LogP contribution in [0.5, 0.6) is 0 Å². The zero-order valence-electron chi connectivity index (χ0n) is 10.9. The van der Waals surface area contributed by atoms with Gasteiger partial charge in [0.25, 0.3) is 0 Å². The van der Waals surface area contributed by atoms with E-state index in [0.29, 0.717) is 0 Å². The van der Waals surface area contributed by atoms with Crippen LogP contribution in [0.15, 0.2) is 18.2 Å². The van der Waals surface area contributed by atoms with E-state index in [9.17, 15) is 13.6 Å². The van der Waals surface area contributed by atoms with Gasteiger partial charge in [0.15, 0.2) is 0 Å². The Labute approximate surface area is 111 Å². The van der Waals surface area contributed by atoms with Crippen LogP contribution in [0.2, 0.25) is 0 Å². The molecule has 1 aromatic rings. The molecule has 3 nitrogen and oxygen atoms in total. The molecule has 0 heterocycles. The van der Waals surface area contributed by atoms with Gasteiger partial charge in [-0.3, -0.25) is 4.79 Å². The summed E-state index contributed by atoms with van der Waals surface area (Å²) in [6.45, 7) is 1.67. The quantitative estimate of drug-likeness (QED) is 0.881. The first-order valence-electron chi connectivity index (χ1n) is 6.57. The number of carbonyl (C=O) groups is 1. The Morgan fingerprint density at radius 2 is 1.79 bits per heavy atom. The number of hydrogen-bond acceptors (Lipinski definition) is 2. The van der Waals surface area contributed by atoms with Gasteiger partial charge in [0.05, 0.1) is 0 Å².